The third kappa shape index (κ3) is 1.77. The zero-order valence-electron chi connectivity index (χ0n) is 11.3. The first-order valence-electron chi connectivity index (χ1n) is 6.82. The van der Waals surface area contributed by atoms with Gasteiger partial charge in [-0.2, -0.15) is 0 Å². The fourth-order valence-corrected chi connectivity index (χ4v) is 3.51. The maximum Gasteiger partial charge on any atom is 0.233 e. The van der Waals surface area contributed by atoms with Crippen LogP contribution in [0.15, 0.2) is 24.3 Å². The molecule has 0 saturated carbocycles. The van der Waals surface area contributed by atoms with Crippen LogP contribution in [0.25, 0.3) is 0 Å². The number of nitrogens with zero attached hydrogens (tertiary/aromatic N) is 1. The highest BCUT2D eigenvalue weighted by Gasteiger charge is 2.54. The lowest BCUT2D eigenvalue weighted by atomic mass is 9.75. The molecule has 2 fully saturated rings. The number of carbonyl (C=O) groups is 1. The first-order valence-corrected chi connectivity index (χ1v) is 6.82. The van der Waals surface area contributed by atoms with E-state index in [2.05, 4.69) is 5.32 Å². The molecule has 4 heteroatoms. The van der Waals surface area contributed by atoms with E-state index < -0.39 is 5.41 Å². The maximum atomic E-state index is 14.0. The third-order valence-corrected chi connectivity index (χ3v) is 4.59. The largest absolute Gasteiger partial charge is 0.315 e. The molecule has 2 unspecified atom stereocenters. The predicted molar refractivity (Wildman–Crippen MR) is 72.4 cm³/mol. The summed E-state index contributed by atoms with van der Waals surface area (Å²) in [7, 11) is 0. The van der Waals surface area contributed by atoms with Crippen molar-refractivity contribution in [1.29, 1.82) is 0 Å². The van der Waals surface area contributed by atoms with Gasteiger partial charge in [-0.1, -0.05) is 26.0 Å². The molecule has 3 nitrogen and oxygen atoms in total. The number of carbonyl (C=O) groups excluding carboxylic acids is 1. The third-order valence-electron chi connectivity index (χ3n) is 4.59. The highest BCUT2D eigenvalue weighted by molar-refractivity contribution is 6.00. The average molecular weight is 262 g/mol. The summed E-state index contributed by atoms with van der Waals surface area (Å²) in [6, 6.07) is 6.61. The van der Waals surface area contributed by atoms with Crippen molar-refractivity contribution in [2.45, 2.75) is 26.3 Å². The van der Waals surface area contributed by atoms with Gasteiger partial charge in [0.15, 0.2) is 0 Å². The number of benzene rings is 1. The van der Waals surface area contributed by atoms with Crippen LogP contribution in [0, 0.1) is 17.2 Å². The molecule has 2 heterocycles. The van der Waals surface area contributed by atoms with Gasteiger partial charge in [-0.05, 0) is 31.0 Å². The van der Waals surface area contributed by atoms with E-state index in [0.717, 1.165) is 19.5 Å². The molecule has 0 radical (unpaired) electrons. The molecule has 2 atom stereocenters. The van der Waals surface area contributed by atoms with E-state index in [4.69, 9.17) is 0 Å². The molecule has 0 spiro atoms. The Labute approximate surface area is 112 Å². The van der Waals surface area contributed by atoms with E-state index in [-0.39, 0.29) is 17.8 Å². The summed E-state index contributed by atoms with van der Waals surface area (Å²) in [4.78, 5) is 14.4. The van der Waals surface area contributed by atoms with Gasteiger partial charge < -0.3 is 10.2 Å². The van der Waals surface area contributed by atoms with E-state index in [1.165, 1.54) is 6.07 Å². The molecule has 2 aliphatic rings. The van der Waals surface area contributed by atoms with Gasteiger partial charge in [0.05, 0.1) is 11.7 Å². The molecule has 0 aliphatic carbocycles. The monoisotopic (exact) mass is 262 g/mol. The Bertz CT molecular complexity index is 515. The molecule has 1 N–H and O–H groups in total. The molecule has 3 rings (SSSR count). The molecule has 1 amide bonds. The van der Waals surface area contributed by atoms with Gasteiger partial charge in [0, 0.05) is 12.0 Å². The van der Waals surface area contributed by atoms with Crippen LogP contribution >= 0.6 is 0 Å². The van der Waals surface area contributed by atoms with Crippen LogP contribution in [0.5, 0.6) is 0 Å². The molecular formula is C15H19FN2O. The Hall–Kier alpha value is -1.42. The quantitative estimate of drug-likeness (QED) is 0.841. The lowest BCUT2D eigenvalue weighted by Gasteiger charge is -2.34. The molecule has 1 aromatic carbocycles. The minimum absolute atomic E-state index is 0.0382. The van der Waals surface area contributed by atoms with Crippen molar-refractivity contribution >= 4 is 11.6 Å². The number of amides is 1. The smallest absolute Gasteiger partial charge is 0.233 e. The summed E-state index contributed by atoms with van der Waals surface area (Å²) >= 11 is 0. The van der Waals surface area contributed by atoms with Gasteiger partial charge in [0.1, 0.15) is 5.82 Å². The van der Waals surface area contributed by atoms with Gasteiger partial charge in [0.25, 0.3) is 0 Å². The lowest BCUT2D eigenvalue weighted by molar-refractivity contribution is -0.125. The van der Waals surface area contributed by atoms with Crippen LogP contribution in [0.2, 0.25) is 0 Å². The number of para-hydroxylation sites is 1. The van der Waals surface area contributed by atoms with Crippen molar-refractivity contribution in [3.8, 4) is 0 Å². The Morgan fingerprint density at radius 2 is 2.11 bits per heavy atom. The summed E-state index contributed by atoms with van der Waals surface area (Å²) in [6.45, 7) is 5.65. The number of hydrogen-bond donors (Lipinski definition) is 1. The minimum atomic E-state index is -0.408. The molecule has 102 valence electrons. The van der Waals surface area contributed by atoms with Crippen LogP contribution in [0.3, 0.4) is 0 Å². The standard InChI is InChI=1S/C15H19FN2O/c1-15(2)10-7-8-17-9-13(10)18(14(15)19)12-6-4-3-5-11(12)16/h3-6,10,13,17H,7-9H2,1-2H3. The van der Waals surface area contributed by atoms with Gasteiger partial charge in [-0.15, -0.1) is 0 Å². The summed E-state index contributed by atoms with van der Waals surface area (Å²) in [5.74, 6) is 0.00929. The molecule has 0 bridgehead atoms. The van der Waals surface area contributed by atoms with Crippen molar-refractivity contribution < 1.29 is 9.18 Å². The molecular weight excluding hydrogens is 243 g/mol. The van der Waals surface area contributed by atoms with Crippen LogP contribution in [0.4, 0.5) is 10.1 Å². The summed E-state index contributed by atoms with van der Waals surface area (Å²) in [5.41, 5.74) is 0.00599. The highest BCUT2D eigenvalue weighted by atomic mass is 19.1. The first-order chi connectivity index (χ1) is 9.03. The van der Waals surface area contributed by atoms with Gasteiger partial charge in [-0.3, -0.25) is 4.79 Å². The van der Waals surface area contributed by atoms with Gasteiger partial charge in [0.2, 0.25) is 5.91 Å². The zero-order chi connectivity index (χ0) is 13.6. The van der Waals surface area contributed by atoms with E-state index in [0.29, 0.717) is 11.6 Å². The topological polar surface area (TPSA) is 32.3 Å². The van der Waals surface area contributed by atoms with Crippen molar-refractivity contribution in [2.75, 3.05) is 18.0 Å². The summed E-state index contributed by atoms with van der Waals surface area (Å²) in [6.07, 6.45) is 0.967. The molecule has 2 saturated heterocycles. The highest BCUT2D eigenvalue weighted by Crippen LogP contribution is 2.46. The Morgan fingerprint density at radius 3 is 2.84 bits per heavy atom. The van der Waals surface area contributed by atoms with Crippen molar-refractivity contribution in [1.82, 2.24) is 5.32 Å². The number of fused-ring (bicyclic) bond motifs is 1. The number of halogens is 1. The fourth-order valence-electron chi connectivity index (χ4n) is 3.51. The number of rotatable bonds is 1. The molecule has 1 aromatic rings. The van der Waals surface area contributed by atoms with E-state index in [1.807, 2.05) is 13.8 Å². The maximum absolute atomic E-state index is 14.0. The second kappa shape index (κ2) is 4.30. The van der Waals surface area contributed by atoms with Crippen LogP contribution < -0.4 is 10.2 Å². The molecule has 2 aliphatic heterocycles. The number of nitrogens with one attached hydrogen (secondary N) is 1. The first kappa shape index (κ1) is 12.6. The van der Waals surface area contributed by atoms with Crippen LogP contribution in [0.1, 0.15) is 20.3 Å². The minimum Gasteiger partial charge on any atom is -0.315 e. The summed E-state index contributed by atoms with van der Waals surface area (Å²) < 4.78 is 14.0. The molecule has 19 heavy (non-hydrogen) atoms. The summed E-state index contributed by atoms with van der Waals surface area (Å²) in [5, 5.41) is 3.32. The number of hydrogen-bond acceptors (Lipinski definition) is 2. The second-order valence-corrected chi connectivity index (χ2v) is 6.01. The Morgan fingerprint density at radius 1 is 1.37 bits per heavy atom. The fraction of sp³-hybridized carbons (Fsp3) is 0.533. The van der Waals surface area contributed by atoms with Crippen molar-refractivity contribution in [3.63, 3.8) is 0 Å². The zero-order valence-corrected chi connectivity index (χ0v) is 11.3. The van der Waals surface area contributed by atoms with Crippen molar-refractivity contribution in [3.05, 3.63) is 30.1 Å². The van der Waals surface area contributed by atoms with Crippen LogP contribution in [-0.4, -0.2) is 25.0 Å². The average Bonchev–Trinajstić information content (AvgIpc) is 2.60. The van der Waals surface area contributed by atoms with Crippen molar-refractivity contribution in [2.24, 2.45) is 11.3 Å². The van der Waals surface area contributed by atoms with Gasteiger partial charge in [-0.25, -0.2) is 4.39 Å². The lowest BCUT2D eigenvalue weighted by Crippen LogP contribution is -2.47. The van der Waals surface area contributed by atoms with E-state index >= 15 is 0 Å². The second-order valence-electron chi connectivity index (χ2n) is 6.01. The van der Waals surface area contributed by atoms with Gasteiger partial charge >= 0.3 is 0 Å². The number of piperidine rings is 1. The molecule has 0 aromatic heterocycles. The van der Waals surface area contributed by atoms with Crippen LogP contribution in [-0.2, 0) is 4.79 Å². The predicted octanol–water partition coefficient (Wildman–Crippen LogP) is 2.18. The normalized spacial score (nSPS) is 29.4. The Kier molecular flexibility index (Phi) is 2.86. The van der Waals surface area contributed by atoms with E-state index in [9.17, 15) is 9.18 Å². The number of anilines is 1. The SMILES string of the molecule is CC1(C)C(=O)N(c2ccccc2F)C2CNCCC21. The Balaban J connectivity index is 2.06. The van der Waals surface area contributed by atoms with E-state index in [1.54, 1.807) is 23.1 Å².